The Morgan fingerprint density at radius 2 is 2.25 bits per heavy atom. The van der Waals surface area contributed by atoms with Crippen LogP contribution >= 0.6 is 0 Å². The van der Waals surface area contributed by atoms with Gasteiger partial charge in [-0.2, -0.15) is 0 Å². The lowest BCUT2D eigenvalue weighted by molar-refractivity contribution is -0.144. The Kier molecular flexibility index (Phi) is 5.11. The summed E-state index contributed by atoms with van der Waals surface area (Å²) in [6, 6.07) is -0.959. The molecule has 0 aliphatic rings. The van der Waals surface area contributed by atoms with Crippen molar-refractivity contribution in [2.24, 2.45) is 4.36 Å². The van der Waals surface area contributed by atoms with Gasteiger partial charge in [0.05, 0.1) is 6.61 Å². The highest BCUT2D eigenvalue weighted by Crippen LogP contribution is 1.98. The van der Waals surface area contributed by atoms with Gasteiger partial charge in [-0.25, -0.2) is 9.16 Å². The van der Waals surface area contributed by atoms with Crippen molar-refractivity contribution >= 4 is 24.4 Å². The molecule has 1 atom stereocenters. The highest BCUT2D eigenvalue weighted by atomic mass is 32.1. The summed E-state index contributed by atoms with van der Waals surface area (Å²) in [5.74, 6) is -1.54. The van der Waals surface area contributed by atoms with E-state index in [0.29, 0.717) is 0 Å². The van der Waals surface area contributed by atoms with Crippen LogP contribution in [0.5, 0.6) is 0 Å². The molecule has 0 aliphatic carbocycles. The van der Waals surface area contributed by atoms with Crippen LogP contribution in [-0.4, -0.2) is 29.7 Å². The summed E-state index contributed by atoms with van der Waals surface area (Å²) in [6.07, 6.45) is 0.123. The van der Waals surface area contributed by atoms with Gasteiger partial charge in [-0.05, 0) is 0 Å². The third-order valence-electron chi connectivity index (χ3n) is 1.11. The Morgan fingerprint density at radius 3 is 2.58 bits per heavy atom. The SMILES string of the molecule is CC(=O)OCCC(N=S)C(=O)O. The standard InChI is InChI=1S/C6H9NO4S/c1-4(8)11-3-2-5(7-12)6(9)10/h5H,2-3H2,1H3,(H,9,10). The van der Waals surface area contributed by atoms with Gasteiger partial charge in [0.25, 0.3) is 0 Å². The van der Waals surface area contributed by atoms with Crippen LogP contribution in [0.2, 0.25) is 0 Å². The molecule has 0 aromatic heterocycles. The van der Waals surface area contributed by atoms with Crippen LogP contribution < -0.4 is 0 Å². The molecule has 0 aromatic rings. The number of aliphatic carboxylic acids is 1. The fourth-order valence-electron chi connectivity index (χ4n) is 0.536. The average Bonchev–Trinajstić information content (AvgIpc) is 1.96. The molecule has 12 heavy (non-hydrogen) atoms. The minimum atomic E-state index is -1.10. The van der Waals surface area contributed by atoms with E-state index < -0.39 is 18.0 Å². The van der Waals surface area contributed by atoms with E-state index in [-0.39, 0.29) is 13.0 Å². The number of hydrogen-bond acceptors (Lipinski definition) is 5. The topological polar surface area (TPSA) is 76.0 Å². The van der Waals surface area contributed by atoms with Crippen LogP contribution in [0, 0.1) is 0 Å². The van der Waals surface area contributed by atoms with E-state index in [2.05, 4.69) is 21.5 Å². The maximum Gasteiger partial charge on any atom is 0.329 e. The Hall–Kier alpha value is -1.04. The molecule has 0 amide bonds. The Bertz CT molecular complexity index is 194. The zero-order chi connectivity index (χ0) is 9.56. The fourth-order valence-corrected chi connectivity index (χ4v) is 0.731. The molecule has 0 fully saturated rings. The summed E-state index contributed by atoms with van der Waals surface area (Å²) in [5, 5.41) is 8.44. The molecule has 0 rings (SSSR count). The summed E-state index contributed by atoms with van der Waals surface area (Å²) < 4.78 is 7.69. The number of hydrogen-bond donors (Lipinski definition) is 1. The molecule has 0 aromatic carbocycles. The van der Waals surface area contributed by atoms with Gasteiger partial charge in [0.2, 0.25) is 0 Å². The van der Waals surface area contributed by atoms with Gasteiger partial charge in [0.1, 0.15) is 0 Å². The molecule has 1 unspecified atom stereocenters. The minimum Gasteiger partial charge on any atom is -0.480 e. The summed E-state index contributed by atoms with van der Waals surface area (Å²) in [5.41, 5.74) is 0. The summed E-state index contributed by atoms with van der Waals surface area (Å²) >= 11 is 4.23. The average molecular weight is 191 g/mol. The molecule has 6 heteroatoms. The molecule has 0 saturated carbocycles. The minimum absolute atomic E-state index is 0.0342. The van der Waals surface area contributed by atoms with Crippen molar-refractivity contribution in [1.29, 1.82) is 0 Å². The van der Waals surface area contributed by atoms with Crippen molar-refractivity contribution in [3.8, 4) is 0 Å². The van der Waals surface area contributed by atoms with Gasteiger partial charge in [-0.15, -0.1) is 0 Å². The molecule has 0 saturated heterocycles. The van der Waals surface area contributed by atoms with Crippen LogP contribution in [0.25, 0.3) is 0 Å². The Balaban J connectivity index is 3.66. The van der Waals surface area contributed by atoms with Crippen LogP contribution in [0.3, 0.4) is 0 Å². The maximum atomic E-state index is 10.3. The van der Waals surface area contributed by atoms with Gasteiger partial charge < -0.3 is 9.84 Å². The molecule has 0 spiro atoms. The van der Waals surface area contributed by atoms with Gasteiger partial charge in [0.15, 0.2) is 6.04 Å². The molecule has 5 nitrogen and oxygen atoms in total. The lowest BCUT2D eigenvalue weighted by Gasteiger charge is -2.04. The zero-order valence-corrected chi connectivity index (χ0v) is 7.34. The number of carbonyl (C=O) groups is 2. The van der Waals surface area contributed by atoms with Crippen LogP contribution in [0.1, 0.15) is 13.3 Å². The van der Waals surface area contributed by atoms with E-state index in [1.807, 2.05) is 0 Å². The van der Waals surface area contributed by atoms with Crippen LogP contribution in [0.4, 0.5) is 0 Å². The van der Waals surface area contributed by atoms with E-state index in [4.69, 9.17) is 5.11 Å². The molecule has 1 N–H and O–H groups in total. The highest BCUT2D eigenvalue weighted by molar-refractivity contribution is 7.47. The van der Waals surface area contributed by atoms with Gasteiger partial charge in [-0.1, -0.05) is 0 Å². The lowest BCUT2D eigenvalue weighted by Crippen LogP contribution is -2.19. The molecular formula is C6H9NO4S. The Labute approximate surface area is 74.9 Å². The van der Waals surface area contributed by atoms with Gasteiger partial charge in [-0.3, -0.25) is 4.79 Å². The fraction of sp³-hybridized carbons (Fsp3) is 0.667. The second-order valence-corrected chi connectivity index (χ2v) is 2.30. The van der Waals surface area contributed by atoms with Crippen molar-refractivity contribution in [3.05, 3.63) is 0 Å². The van der Waals surface area contributed by atoms with Crippen molar-refractivity contribution < 1.29 is 19.4 Å². The predicted molar refractivity (Wildman–Crippen MR) is 42.5 cm³/mol. The first-order chi connectivity index (χ1) is 5.57. The second-order valence-electron chi connectivity index (χ2n) is 2.09. The summed E-state index contributed by atoms with van der Waals surface area (Å²) in [6.45, 7) is 1.28. The number of carbonyl (C=O) groups excluding carboxylic acids is 1. The molecular weight excluding hydrogens is 182 g/mol. The largest absolute Gasteiger partial charge is 0.480 e. The van der Waals surface area contributed by atoms with Crippen molar-refractivity contribution in [2.45, 2.75) is 19.4 Å². The highest BCUT2D eigenvalue weighted by Gasteiger charge is 2.15. The third-order valence-corrected chi connectivity index (χ3v) is 1.36. The first-order valence-electron chi connectivity index (χ1n) is 3.26. The van der Waals surface area contributed by atoms with Crippen LogP contribution in [-0.2, 0) is 26.8 Å². The van der Waals surface area contributed by atoms with Crippen molar-refractivity contribution in [3.63, 3.8) is 0 Å². The summed E-state index contributed by atoms with van der Waals surface area (Å²) in [4.78, 5) is 20.6. The van der Waals surface area contributed by atoms with Crippen molar-refractivity contribution in [2.75, 3.05) is 6.61 Å². The van der Waals surface area contributed by atoms with E-state index in [0.717, 1.165) is 0 Å². The van der Waals surface area contributed by atoms with Crippen molar-refractivity contribution in [1.82, 2.24) is 0 Å². The molecule has 0 radical (unpaired) electrons. The number of carboxylic acid groups (broad SMARTS) is 1. The Morgan fingerprint density at radius 1 is 1.67 bits per heavy atom. The lowest BCUT2D eigenvalue weighted by atomic mass is 10.2. The summed E-state index contributed by atoms with van der Waals surface area (Å²) in [7, 11) is 0. The van der Waals surface area contributed by atoms with E-state index in [9.17, 15) is 9.59 Å². The third kappa shape index (κ3) is 4.73. The normalized spacial score (nSPS) is 11.8. The number of ether oxygens (including phenoxy) is 1. The maximum absolute atomic E-state index is 10.3. The van der Waals surface area contributed by atoms with Gasteiger partial charge in [0, 0.05) is 25.8 Å². The molecule has 0 heterocycles. The second kappa shape index (κ2) is 5.59. The zero-order valence-electron chi connectivity index (χ0n) is 6.52. The number of esters is 1. The number of carboxylic acids is 1. The molecule has 68 valence electrons. The quantitative estimate of drug-likeness (QED) is 0.625. The van der Waals surface area contributed by atoms with E-state index >= 15 is 0 Å². The molecule has 0 aliphatic heterocycles. The number of rotatable bonds is 5. The predicted octanol–water partition coefficient (Wildman–Crippen LogP) is 0.123. The first-order valence-corrected chi connectivity index (χ1v) is 3.63. The molecule has 0 bridgehead atoms. The number of nitrogens with zero attached hydrogens (tertiary/aromatic N) is 1. The van der Waals surface area contributed by atoms with Crippen LogP contribution in [0.15, 0.2) is 4.36 Å². The first kappa shape index (κ1) is 11.0. The van der Waals surface area contributed by atoms with E-state index in [1.54, 1.807) is 0 Å². The smallest absolute Gasteiger partial charge is 0.329 e. The van der Waals surface area contributed by atoms with E-state index in [1.165, 1.54) is 6.92 Å². The van der Waals surface area contributed by atoms with Gasteiger partial charge >= 0.3 is 11.9 Å². The monoisotopic (exact) mass is 191 g/mol.